The number of hydrogen-bond donors (Lipinski definition) is 1. The molecule has 0 saturated heterocycles. The molecule has 7 nitrogen and oxygen atoms in total. The molecule has 1 atom stereocenters. The first kappa shape index (κ1) is 13.1. The lowest BCUT2D eigenvalue weighted by molar-refractivity contribution is 0.199. The van der Waals surface area contributed by atoms with Gasteiger partial charge in [-0.15, -0.1) is 0 Å². The van der Waals surface area contributed by atoms with Crippen LogP contribution in [0, 0.1) is 0 Å². The molecule has 0 fully saturated rings. The second-order valence-corrected chi connectivity index (χ2v) is 5.18. The standard InChI is InChI=1S/C8H15N3O4S/c1-6(11-16(3,12)13)8-9-7(10-15-8)4-5-14-2/h6,11H,4-5H2,1-3H3. The van der Waals surface area contributed by atoms with Gasteiger partial charge in [0.2, 0.25) is 15.9 Å². The molecule has 16 heavy (non-hydrogen) atoms. The molecule has 8 heteroatoms. The number of hydrogen-bond acceptors (Lipinski definition) is 6. The van der Waals surface area contributed by atoms with Crippen molar-refractivity contribution in [2.24, 2.45) is 0 Å². The minimum Gasteiger partial charge on any atom is -0.384 e. The highest BCUT2D eigenvalue weighted by Gasteiger charge is 2.17. The molecule has 0 aliphatic carbocycles. The Hall–Kier alpha value is -0.990. The van der Waals surface area contributed by atoms with Gasteiger partial charge in [0.1, 0.15) is 0 Å². The van der Waals surface area contributed by atoms with Crippen molar-refractivity contribution < 1.29 is 17.7 Å². The summed E-state index contributed by atoms with van der Waals surface area (Å²) in [6.07, 6.45) is 1.61. The summed E-state index contributed by atoms with van der Waals surface area (Å²) in [6.45, 7) is 2.13. The molecule has 0 aromatic carbocycles. The van der Waals surface area contributed by atoms with Gasteiger partial charge < -0.3 is 9.26 Å². The van der Waals surface area contributed by atoms with Crippen molar-refractivity contribution >= 4 is 10.0 Å². The molecule has 1 N–H and O–H groups in total. The molecule has 0 aliphatic rings. The highest BCUT2D eigenvalue weighted by atomic mass is 32.2. The van der Waals surface area contributed by atoms with Gasteiger partial charge in [0.05, 0.1) is 18.9 Å². The van der Waals surface area contributed by atoms with Crippen LogP contribution in [0.1, 0.15) is 24.7 Å². The van der Waals surface area contributed by atoms with E-state index in [2.05, 4.69) is 14.9 Å². The maximum Gasteiger partial charge on any atom is 0.244 e. The van der Waals surface area contributed by atoms with Crippen molar-refractivity contribution in [3.63, 3.8) is 0 Å². The molecule has 0 saturated carbocycles. The summed E-state index contributed by atoms with van der Waals surface area (Å²) in [5.74, 6) is 0.746. The minimum atomic E-state index is -3.28. The fraction of sp³-hybridized carbons (Fsp3) is 0.750. The number of rotatable bonds is 6. The van der Waals surface area contributed by atoms with Crippen LogP contribution in [0.25, 0.3) is 0 Å². The van der Waals surface area contributed by atoms with Gasteiger partial charge in [-0.1, -0.05) is 5.16 Å². The van der Waals surface area contributed by atoms with E-state index in [1.54, 1.807) is 14.0 Å². The number of nitrogens with zero attached hydrogens (tertiary/aromatic N) is 2. The Balaban J connectivity index is 2.63. The van der Waals surface area contributed by atoms with Gasteiger partial charge in [0, 0.05) is 13.5 Å². The van der Waals surface area contributed by atoms with Crippen molar-refractivity contribution in [1.29, 1.82) is 0 Å². The molecule has 1 aromatic rings. The smallest absolute Gasteiger partial charge is 0.244 e. The Labute approximate surface area is 94.2 Å². The van der Waals surface area contributed by atoms with E-state index in [0.717, 1.165) is 6.26 Å². The maximum atomic E-state index is 11.0. The van der Waals surface area contributed by atoms with Crippen molar-refractivity contribution in [1.82, 2.24) is 14.9 Å². The van der Waals surface area contributed by atoms with Gasteiger partial charge in [-0.3, -0.25) is 0 Å². The summed E-state index contributed by atoms with van der Waals surface area (Å²) in [4.78, 5) is 4.05. The predicted molar refractivity (Wildman–Crippen MR) is 56.3 cm³/mol. The van der Waals surface area contributed by atoms with E-state index in [1.807, 2.05) is 0 Å². The largest absolute Gasteiger partial charge is 0.384 e. The molecule has 1 heterocycles. The first-order valence-electron chi connectivity index (χ1n) is 4.71. The number of aromatic nitrogens is 2. The molecule has 0 amide bonds. The molecular weight excluding hydrogens is 234 g/mol. The van der Waals surface area contributed by atoms with Crippen molar-refractivity contribution in [3.05, 3.63) is 11.7 Å². The first-order valence-corrected chi connectivity index (χ1v) is 6.60. The summed E-state index contributed by atoms with van der Waals surface area (Å²) in [7, 11) is -1.70. The van der Waals surface area contributed by atoms with Gasteiger partial charge in [-0.25, -0.2) is 13.1 Å². The SMILES string of the molecule is COCCc1noc(C(C)NS(C)(=O)=O)n1. The number of ether oxygens (including phenoxy) is 1. The monoisotopic (exact) mass is 249 g/mol. The lowest BCUT2D eigenvalue weighted by atomic mass is 10.3. The topological polar surface area (TPSA) is 94.3 Å². The van der Waals surface area contributed by atoms with Crippen LogP contribution in [0.5, 0.6) is 0 Å². The molecule has 0 radical (unpaired) electrons. The zero-order valence-corrected chi connectivity index (χ0v) is 10.2. The van der Waals surface area contributed by atoms with E-state index >= 15 is 0 Å². The van der Waals surface area contributed by atoms with Crippen LogP contribution in [0.3, 0.4) is 0 Å². The van der Waals surface area contributed by atoms with Crippen molar-refractivity contribution in [2.45, 2.75) is 19.4 Å². The van der Waals surface area contributed by atoms with Gasteiger partial charge >= 0.3 is 0 Å². The Morgan fingerprint density at radius 2 is 2.25 bits per heavy atom. The molecule has 1 rings (SSSR count). The zero-order chi connectivity index (χ0) is 12.2. The fourth-order valence-corrected chi connectivity index (χ4v) is 1.85. The number of sulfonamides is 1. The van der Waals surface area contributed by atoms with E-state index < -0.39 is 16.1 Å². The second-order valence-electron chi connectivity index (χ2n) is 3.40. The third kappa shape index (κ3) is 4.25. The Morgan fingerprint density at radius 1 is 1.56 bits per heavy atom. The van der Waals surface area contributed by atoms with E-state index in [4.69, 9.17) is 9.26 Å². The van der Waals surface area contributed by atoms with Crippen LogP contribution in [-0.4, -0.2) is 38.5 Å². The van der Waals surface area contributed by atoms with Crippen LogP contribution in [0.2, 0.25) is 0 Å². The van der Waals surface area contributed by atoms with E-state index in [-0.39, 0.29) is 5.89 Å². The van der Waals surface area contributed by atoms with Gasteiger partial charge in [0.15, 0.2) is 5.82 Å². The zero-order valence-electron chi connectivity index (χ0n) is 9.43. The summed E-state index contributed by atoms with van der Waals surface area (Å²) in [5, 5.41) is 3.70. The maximum absolute atomic E-state index is 11.0. The Kier molecular flexibility index (Phi) is 4.39. The predicted octanol–water partition coefficient (Wildman–Crippen LogP) is -0.131. The third-order valence-electron chi connectivity index (χ3n) is 1.77. The molecule has 0 spiro atoms. The molecule has 1 unspecified atom stereocenters. The van der Waals surface area contributed by atoms with Crippen LogP contribution in [-0.2, 0) is 21.2 Å². The van der Waals surface area contributed by atoms with Crippen LogP contribution in [0.4, 0.5) is 0 Å². The van der Waals surface area contributed by atoms with E-state index in [0.29, 0.717) is 18.9 Å². The van der Waals surface area contributed by atoms with Crippen LogP contribution in [0.15, 0.2) is 4.52 Å². The molecule has 0 aliphatic heterocycles. The minimum absolute atomic E-state index is 0.247. The van der Waals surface area contributed by atoms with E-state index in [1.165, 1.54) is 0 Å². The average Bonchev–Trinajstić information content (AvgIpc) is 2.60. The summed E-state index contributed by atoms with van der Waals surface area (Å²) in [5.41, 5.74) is 0. The van der Waals surface area contributed by atoms with Crippen molar-refractivity contribution in [2.75, 3.05) is 20.0 Å². The molecule has 92 valence electrons. The van der Waals surface area contributed by atoms with Gasteiger partial charge in [-0.05, 0) is 6.92 Å². The first-order chi connectivity index (χ1) is 7.42. The highest BCUT2D eigenvalue weighted by Crippen LogP contribution is 2.10. The van der Waals surface area contributed by atoms with Crippen LogP contribution < -0.4 is 4.72 Å². The molecule has 1 aromatic heterocycles. The van der Waals surface area contributed by atoms with Crippen LogP contribution >= 0.6 is 0 Å². The van der Waals surface area contributed by atoms with E-state index in [9.17, 15) is 8.42 Å². The summed E-state index contributed by atoms with van der Waals surface area (Å²) >= 11 is 0. The Bertz CT molecular complexity index is 428. The normalized spacial score (nSPS) is 13.9. The average molecular weight is 249 g/mol. The number of methoxy groups -OCH3 is 1. The fourth-order valence-electron chi connectivity index (χ4n) is 1.11. The second kappa shape index (κ2) is 5.37. The third-order valence-corrected chi connectivity index (χ3v) is 2.56. The Morgan fingerprint density at radius 3 is 2.81 bits per heavy atom. The van der Waals surface area contributed by atoms with Crippen molar-refractivity contribution in [3.8, 4) is 0 Å². The molecule has 0 bridgehead atoms. The van der Waals surface area contributed by atoms with Gasteiger partial charge in [0.25, 0.3) is 0 Å². The lowest BCUT2D eigenvalue weighted by Gasteiger charge is -2.05. The molecular formula is C8H15N3O4S. The quantitative estimate of drug-likeness (QED) is 0.754. The lowest BCUT2D eigenvalue weighted by Crippen LogP contribution is -2.25. The summed E-state index contributed by atoms with van der Waals surface area (Å²) in [6, 6.07) is -0.529. The van der Waals surface area contributed by atoms with Gasteiger partial charge in [-0.2, -0.15) is 4.98 Å². The number of nitrogens with one attached hydrogen (secondary N) is 1. The summed E-state index contributed by atoms with van der Waals surface area (Å²) < 4.78 is 34.1. The highest BCUT2D eigenvalue weighted by molar-refractivity contribution is 7.88.